The van der Waals surface area contributed by atoms with Crippen molar-refractivity contribution >= 4 is 5.78 Å². The Hall–Kier alpha value is -1.42. The van der Waals surface area contributed by atoms with Gasteiger partial charge in [-0.3, -0.25) is 4.79 Å². The molecule has 1 aliphatic heterocycles. The van der Waals surface area contributed by atoms with E-state index < -0.39 is 5.82 Å². The number of carbonyl (C=O) groups excluding carboxylic acids is 1. The van der Waals surface area contributed by atoms with Gasteiger partial charge in [-0.2, -0.15) is 0 Å². The molecule has 2 unspecified atom stereocenters. The second kappa shape index (κ2) is 4.84. The Morgan fingerprint density at radius 1 is 1.59 bits per heavy atom. The van der Waals surface area contributed by atoms with Crippen LogP contribution in [0.4, 0.5) is 4.39 Å². The van der Waals surface area contributed by atoms with Crippen molar-refractivity contribution in [3.63, 3.8) is 0 Å². The number of carbonyl (C=O) groups is 1. The number of halogens is 1. The van der Waals surface area contributed by atoms with Crippen LogP contribution in [-0.4, -0.2) is 25.6 Å². The van der Waals surface area contributed by atoms with Crippen molar-refractivity contribution in [3.05, 3.63) is 29.6 Å². The molecular formula is C13H15FO3. The molecule has 4 heteroatoms. The molecule has 0 N–H and O–H groups in total. The molecule has 17 heavy (non-hydrogen) atoms. The summed E-state index contributed by atoms with van der Waals surface area (Å²) < 4.78 is 23.8. The zero-order valence-electron chi connectivity index (χ0n) is 9.90. The number of Topliss-reactive ketones (excluding diaryl/α,β-unsaturated/α-hetero) is 1. The molecular weight excluding hydrogens is 223 g/mol. The van der Waals surface area contributed by atoms with Gasteiger partial charge in [-0.05, 0) is 18.2 Å². The standard InChI is InChI=1S/C13H15FO3/c1-8(7-16-2)13-6-11(15)10-5-9(14)3-4-12(10)17-13/h3-5,8,13H,6-7H2,1-2H3. The maximum absolute atomic E-state index is 13.0. The Balaban J connectivity index is 2.21. The first-order chi connectivity index (χ1) is 8.11. The molecule has 0 fully saturated rings. The maximum atomic E-state index is 13.0. The Kier molecular flexibility index (Phi) is 3.43. The van der Waals surface area contributed by atoms with Crippen LogP contribution in [0, 0.1) is 11.7 Å². The summed E-state index contributed by atoms with van der Waals surface area (Å²) in [6.45, 7) is 2.50. The summed E-state index contributed by atoms with van der Waals surface area (Å²) in [6, 6.07) is 4.04. The SMILES string of the molecule is COCC(C)C1CC(=O)c2cc(F)ccc2O1. The summed E-state index contributed by atoms with van der Waals surface area (Å²) in [7, 11) is 1.62. The number of rotatable bonds is 3. The van der Waals surface area contributed by atoms with Crippen molar-refractivity contribution in [1.82, 2.24) is 0 Å². The normalized spacial score (nSPS) is 20.6. The van der Waals surface area contributed by atoms with Crippen LogP contribution < -0.4 is 4.74 Å². The minimum absolute atomic E-state index is 0.0706. The smallest absolute Gasteiger partial charge is 0.170 e. The van der Waals surface area contributed by atoms with E-state index in [0.717, 1.165) is 0 Å². The lowest BCUT2D eigenvalue weighted by Gasteiger charge is -2.29. The van der Waals surface area contributed by atoms with Gasteiger partial charge in [0.05, 0.1) is 12.2 Å². The highest BCUT2D eigenvalue weighted by Gasteiger charge is 2.30. The highest BCUT2D eigenvalue weighted by molar-refractivity contribution is 5.99. The third-order valence-electron chi connectivity index (χ3n) is 2.97. The molecule has 1 aliphatic rings. The van der Waals surface area contributed by atoms with Gasteiger partial charge < -0.3 is 9.47 Å². The Morgan fingerprint density at radius 2 is 2.35 bits per heavy atom. The summed E-state index contributed by atoms with van der Waals surface area (Å²) in [5, 5.41) is 0. The number of benzene rings is 1. The third-order valence-corrected chi connectivity index (χ3v) is 2.97. The third kappa shape index (κ3) is 2.47. The largest absolute Gasteiger partial charge is 0.489 e. The van der Waals surface area contributed by atoms with E-state index in [4.69, 9.17) is 9.47 Å². The van der Waals surface area contributed by atoms with Crippen LogP contribution in [0.25, 0.3) is 0 Å². The molecule has 0 radical (unpaired) electrons. The monoisotopic (exact) mass is 238 g/mol. The number of hydrogen-bond donors (Lipinski definition) is 0. The lowest BCUT2D eigenvalue weighted by atomic mass is 9.94. The predicted molar refractivity (Wildman–Crippen MR) is 60.8 cm³/mol. The van der Waals surface area contributed by atoms with Crippen molar-refractivity contribution in [2.24, 2.45) is 5.92 Å². The average Bonchev–Trinajstić information content (AvgIpc) is 2.30. The highest BCUT2D eigenvalue weighted by Crippen LogP contribution is 2.30. The first-order valence-electron chi connectivity index (χ1n) is 5.60. The van der Waals surface area contributed by atoms with E-state index in [9.17, 15) is 9.18 Å². The molecule has 0 saturated carbocycles. The van der Waals surface area contributed by atoms with Crippen molar-refractivity contribution in [2.45, 2.75) is 19.4 Å². The molecule has 0 spiro atoms. The maximum Gasteiger partial charge on any atom is 0.170 e. The second-order valence-electron chi connectivity index (χ2n) is 4.36. The van der Waals surface area contributed by atoms with Crippen LogP contribution in [0.1, 0.15) is 23.7 Å². The van der Waals surface area contributed by atoms with Gasteiger partial charge in [-0.1, -0.05) is 6.92 Å². The van der Waals surface area contributed by atoms with Gasteiger partial charge in [0.1, 0.15) is 17.7 Å². The molecule has 1 aromatic rings. The van der Waals surface area contributed by atoms with Crippen LogP contribution >= 0.6 is 0 Å². The van der Waals surface area contributed by atoms with Gasteiger partial charge in [0.15, 0.2) is 5.78 Å². The lowest BCUT2D eigenvalue weighted by molar-refractivity contribution is 0.0523. The van der Waals surface area contributed by atoms with E-state index in [1.807, 2.05) is 6.92 Å². The fourth-order valence-electron chi connectivity index (χ4n) is 2.01. The van der Waals surface area contributed by atoms with Gasteiger partial charge in [0.2, 0.25) is 0 Å². The van der Waals surface area contributed by atoms with Gasteiger partial charge in [-0.25, -0.2) is 4.39 Å². The van der Waals surface area contributed by atoms with Gasteiger partial charge in [0, 0.05) is 19.4 Å². The Labute approximate surface area is 99.5 Å². The fourth-order valence-corrected chi connectivity index (χ4v) is 2.01. The van der Waals surface area contributed by atoms with E-state index in [-0.39, 0.29) is 24.2 Å². The van der Waals surface area contributed by atoms with Crippen LogP contribution in [0.15, 0.2) is 18.2 Å². The average molecular weight is 238 g/mol. The Bertz CT molecular complexity index is 431. The van der Waals surface area contributed by atoms with Crippen LogP contribution in [0.2, 0.25) is 0 Å². The quantitative estimate of drug-likeness (QED) is 0.811. The van der Waals surface area contributed by atoms with Gasteiger partial charge >= 0.3 is 0 Å². The molecule has 0 bridgehead atoms. The van der Waals surface area contributed by atoms with E-state index in [1.165, 1.54) is 18.2 Å². The summed E-state index contributed by atoms with van der Waals surface area (Å²) in [5.74, 6) is 0.112. The second-order valence-corrected chi connectivity index (χ2v) is 4.36. The van der Waals surface area contributed by atoms with E-state index in [0.29, 0.717) is 17.9 Å². The van der Waals surface area contributed by atoms with Crippen LogP contribution in [-0.2, 0) is 4.74 Å². The van der Waals surface area contributed by atoms with Crippen LogP contribution in [0.5, 0.6) is 5.75 Å². The molecule has 3 nitrogen and oxygen atoms in total. The molecule has 2 atom stereocenters. The van der Waals surface area contributed by atoms with Crippen molar-refractivity contribution in [2.75, 3.05) is 13.7 Å². The predicted octanol–water partition coefficient (Wildman–Crippen LogP) is 2.44. The number of methoxy groups -OCH3 is 1. The minimum atomic E-state index is -0.413. The molecule has 2 rings (SSSR count). The molecule has 0 amide bonds. The molecule has 0 aliphatic carbocycles. The fraction of sp³-hybridized carbons (Fsp3) is 0.462. The first kappa shape index (κ1) is 12.0. The number of fused-ring (bicyclic) bond motifs is 1. The summed E-state index contributed by atoms with van der Waals surface area (Å²) in [6.07, 6.45) is 0.0847. The van der Waals surface area contributed by atoms with Gasteiger partial charge in [0.25, 0.3) is 0 Å². The molecule has 1 aromatic carbocycles. The van der Waals surface area contributed by atoms with Gasteiger partial charge in [-0.15, -0.1) is 0 Å². The van der Waals surface area contributed by atoms with E-state index >= 15 is 0 Å². The van der Waals surface area contributed by atoms with E-state index in [1.54, 1.807) is 7.11 Å². The van der Waals surface area contributed by atoms with Crippen molar-refractivity contribution in [1.29, 1.82) is 0 Å². The number of ketones is 1. The minimum Gasteiger partial charge on any atom is -0.489 e. The molecule has 0 saturated heterocycles. The summed E-state index contributed by atoms with van der Waals surface area (Å²) in [4.78, 5) is 11.9. The number of ether oxygens (including phenoxy) is 2. The zero-order chi connectivity index (χ0) is 12.4. The summed E-state index contributed by atoms with van der Waals surface area (Å²) >= 11 is 0. The van der Waals surface area contributed by atoms with E-state index in [2.05, 4.69) is 0 Å². The molecule has 92 valence electrons. The number of hydrogen-bond acceptors (Lipinski definition) is 3. The summed E-state index contributed by atoms with van der Waals surface area (Å²) in [5.41, 5.74) is 0.339. The first-order valence-corrected chi connectivity index (χ1v) is 5.60. The topological polar surface area (TPSA) is 35.5 Å². The lowest BCUT2D eigenvalue weighted by Crippen LogP contribution is -2.34. The van der Waals surface area contributed by atoms with Crippen molar-refractivity contribution < 1.29 is 18.7 Å². The molecule has 0 aromatic heterocycles. The molecule has 1 heterocycles. The van der Waals surface area contributed by atoms with Crippen LogP contribution in [0.3, 0.4) is 0 Å². The Morgan fingerprint density at radius 3 is 3.06 bits per heavy atom. The van der Waals surface area contributed by atoms with Crippen molar-refractivity contribution in [3.8, 4) is 5.75 Å². The zero-order valence-corrected chi connectivity index (χ0v) is 9.90. The highest BCUT2D eigenvalue weighted by atomic mass is 19.1.